The smallest absolute Gasteiger partial charge is 0.187 e. The molecule has 0 aromatic rings. The summed E-state index contributed by atoms with van der Waals surface area (Å²) >= 11 is 0. The molecule has 0 radical (unpaired) electrons. The van der Waals surface area contributed by atoms with E-state index in [9.17, 15) is 4.39 Å². The monoisotopic (exact) mass is 117 g/mol. The number of hydrogen-bond donors (Lipinski definition) is 1. The fourth-order valence-electron chi connectivity index (χ4n) is 0.155. The zero-order valence-corrected chi connectivity index (χ0v) is 5.59. The van der Waals surface area contributed by atoms with Gasteiger partial charge in [-0.15, -0.1) is 0 Å². The van der Waals surface area contributed by atoms with Crippen molar-refractivity contribution in [3.63, 3.8) is 0 Å². The molecule has 1 nitrogen and oxygen atoms in total. The molecule has 0 amide bonds. The molecule has 0 unspecified atom stereocenters. The van der Waals surface area contributed by atoms with Gasteiger partial charge in [-0.05, 0) is 6.42 Å². The highest BCUT2D eigenvalue weighted by molar-refractivity contribution is 5.77. The van der Waals surface area contributed by atoms with Gasteiger partial charge in [0.2, 0.25) is 0 Å². The molecule has 0 saturated carbocycles. The molecule has 0 aromatic heterocycles. The van der Waals surface area contributed by atoms with Crippen molar-refractivity contribution in [2.24, 2.45) is 5.41 Å². The Labute approximate surface area is 49.4 Å². The topological polar surface area (TPSA) is 23.9 Å². The minimum absolute atomic E-state index is 0.542. The Morgan fingerprint density at radius 1 is 1.62 bits per heavy atom. The molecule has 0 saturated heterocycles. The summed E-state index contributed by atoms with van der Waals surface area (Å²) in [6.45, 7) is 5.30. The van der Waals surface area contributed by atoms with E-state index in [-0.39, 0.29) is 0 Å². The Morgan fingerprint density at radius 2 is 2.00 bits per heavy atom. The van der Waals surface area contributed by atoms with Crippen LogP contribution in [-0.2, 0) is 0 Å². The molecular weight excluding hydrogens is 105 g/mol. The van der Waals surface area contributed by atoms with E-state index in [2.05, 4.69) is 0 Å². The van der Waals surface area contributed by atoms with E-state index < -0.39 is 11.4 Å². The van der Waals surface area contributed by atoms with Crippen molar-refractivity contribution < 1.29 is 4.39 Å². The average molecular weight is 117 g/mol. The molecule has 0 aromatic carbocycles. The van der Waals surface area contributed by atoms with Gasteiger partial charge in [0.05, 0.1) is 0 Å². The maximum Gasteiger partial charge on any atom is 0.187 e. The highest BCUT2D eigenvalue weighted by Crippen LogP contribution is 2.21. The summed E-state index contributed by atoms with van der Waals surface area (Å²) in [4.78, 5) is 0. The first kappa shape index (κ1) is 7.60. The molecule has 0 aliphatic heterocycles. The van der Waals surface area contributed by atoms with Gasteiger partial charge in [0, 0.05) is 5.41 Å². The molecule has 0 aliphatic carbocycles. The Hall–Kier alpha value is -0.400. The Bertz CT molecular complexity index is 96.7. The summed E-state index contributed by atoms with van der Waals surface area (Å²) in [5, 5.41) is 6.63. The second-order valence-corrected chi connectivity index (χ2v) is 2.55. The predicted octanol–water partition coefficient (Wildman–Crippen LogP) is 2.37. The summed E-state index contributed by atoms with van der Waals surface area (Å²) in [6.07, 6.45) is 0.683. The molecule has 8 heavy (non-hydrogen) atoms. The van der Waals surface area contributed by atoms with Crippen LogP contribution in [0.1, 0.15) is 27.2 Å². The average Bonchev–Trinajstić information content (AvgIpc) is 1.67. The standard InChI is InChI=1S/C6H12FN/c1-4-6(2,3)5(7)8/h8H,4H2,1-3H3. The zero-order valence-electron chi connectivity index (χ0n) is 5.59. The van der Waals surface area contributed by atoms with Crippen LogP contribution in [0.2, 0.25) is 0 Å². The fraction of sp³-hybridized carbons (Fsp3) is 0.833. The molecule has 0 aliphatic rings. The van der Waals surface area contributed by atoms with Crippen LogP contribution in [0.4, 0.5) is 4.39 Å². The number of hydrogen-bond acceptors (Lipinski definition) is 1. The van der Waals surface area contributed by atoms with Gasteiger partial charge >= 0.3 is 0 Å². The fourth-order valence-corrected chi connectivity index (χ4v) is 0.155. The molecule has 0 heterocycles. The van der Waals surface area contributed by atoms with E-state index in [1.165, 1.54) is 0 Å². The van der Waals surface area contributed by atoms with Gasteiger partial charge in [0.25, 0.3) is 0 Å². The van der Waals surface area contributed by atoms with Gasteiger partial charge < -0.3 is 0 Å². The molecular formula is C6H12FN. The summed E-state index contributed by atoms with van der Waals surface area (Å²) in [5.74, 6) is -0.722. The van der Waals surface area contributed by atoms with E-state index in [0.717, 1.165) is 0 Å². The van der Waals surface area contributed by atoms with Crippen molar-refractivity contribution >= 4 is 5.97 Å². The Balaban J connectivity index is 3.91. The normalized spacial score (nSPS) is 11.5. The van der Waals surface area contributed by atoms with E-state index in [0.29, 0.717) is 6.42 Å². The summed E-state index contributed by atoms with van der Waals surface area (Å²) in [6, 6.07) is 0. The molecule has 2 heteroatoms. The maximum absolute atomic E-state index is 12.1. The van der Waals surface area contributed by atoms with Gasteiger partial charge in [0.1, 0.15) is 0 Å². The van der Waals surface area contributed by atoms with Gasteiger partial charge in [0.15, 0.2) is 5.97 Å². The predicted molar refractivity (Wildman–Crippen MR) is 32.9 cm³/mol. The van der Waals surface area contributed by atoms with Crippen LogP contribution in [0.5, 0.6) is 0 Å². The van der Waals surface area contributed by atoms with Gasteiger partial charge in [-0.1, -0.05) is 20.8 Å². The largest absolute Gasteiger partial charge is 0.277 e. The molecule has 0 atom stereocenters. The summed E-state index contributed by atoms with van der Waals surface area (Å²) in [5.41, 5.74) is -0.542. The highest BCUT2D eigenvalue weighted by Gasteiger charge is 2.20. The first-order chi connectivity index (χ1) is 3.50. The highest BCUT2D eigenvalue weighted by atomic mass is 19.1. The lowest BCUT2D eigenvalue weighted by Crippen LogP contribution is -2.17. The number of nitrogens with one attached hydrogen (secondary N) is 1. The third kappa shape index (κ3) is 1.60. The lowest BCUT2D eigenvalue weighted by molar-refractivity contribution is 0.448. The van der Waals surface area contributed by atoms with Crippen LogP contribution in [0.15, 0.2) is 0 Å². The maximum atomic E-state index is 12.1. The minimum Gasteiger partial charge on any atom is -0.277 e. The lowest BCUT2D eigenvalue weighted by Gasteiger charge is -2.16. The first-order valence-corrected chi connectivity index (χ1v) is 2.75. The van der Waals surface area contributed by atoms with E-state index in [1.807, 2.05) is 6.92 Å². The molecule has 0 rings (SSSR count). The zero-order chi connectivity index (χ0) is 6.78. The van der Waals surface area contributed by atoms with E-state index >= 15 is 0 Å². The second-order valence-electron chi connectivity index (χ2n) is 2.55. The summed E-state index contributed by atoms with van der Waals surface area (Å²) < 4.78 is 12.1. The van der Waals surface area contributed by atoms with E-state index in [1.54, 1.807) is 13.8 Å². The number of halogens is 1. The second kappa shape index (κ2) is 2.25. The summed E-state index contributed by atoms with van der Waals surface area (Å²) in [7, 11) is 0. The van der Waals surface area contributed by atoms with Crippen LogP contribution < -0.4 is 0 Å². The first-order valence-electron chi connectivity index (χ1n) is 2.75. The van der Waals surface area contributed by atoms with Crippen molar-refractivity contribution in [2.45, 2.75) is 27.2 Å². The third-order valence-corrected chi connectivity index (χ3v) is 1.48. The van der Waals surface area contributed by atoms with Crippen LogP contribution >= 0.6 is 0 Å². The van der Waals surface area contributed by atoms with Crippen LogP contribution in [-0.4, -0.2) is 5.97 Å². The molecule has 0 spiro atoms. The van der Waals surface area contributed by atoms with Gasteiger partial charge in [-0.25, -0.2) is 0 Å². The van der Waals surface area contributed by atoms with Crippen molar-refractivity contribution in [1.29, 1.82) is 5.41 Å². The molecule has 0 bridgehead atoms. The number of rotatable bonds is 2. The van der Waals surface area contributed by atoms with Crippen LogP contribution in [0.3, 0.4) is 0 Å². The van der Waals surface area contributed by atoms with Crippen LogP contribution in [0, 0.1) is 10.8 Å². The van der Waals surface area contributed by atoms with Crippen molar-refractivity contribution in [3.05, 3.63) is 0 Å². The lowest BCUT2D eigenvalue weighted by atomic mass is 9.91. The van der Waals surface area contributed by atoms with Crippen molar-refractivity contribution in [1.82, 2.24) is 0 Å². The molecule has 48 valence electrons. The van der Waals surface area contributed by atoms with Gasteiger partial charge in [-0.3, -0.25) is 5.41 Å². The quantitative estimate of drug-likeness (QED) is 0.537. The SMILES string of the molecule is CCC(C)(C)C(=N)F. The minimum atomic E-state index is -0.722. The molecule has 0 fully saturated rings. The third-order valence-electron chi connectivity index (χ3n) is 1.48. The van der Waals surface area contributed by atoms with Crippen molar-refractivity contribution in [2.75, 3.05) is 0 Å². The Morgan fingerprint density at radius 3 is 2.00 bits per heavy atom. The van der Waals surface area contributed by atoms with Gasteiger partial charge in [-0.2, -0.15) is 4.39 Å². The Kier molecular flexibility index (Phi) is 2.13. The van der Waals surface area contributed by atoms with E-state index in [4.69, 9.17) is 5.41 Å². The molecule has 1 N–H and O–H groups in total. The van der Waals surface area contributed by atoms with Crippen LogP contribution in [0.25, 0.3) is 0 Å². The van der Waals surface area contributed by atoms with Crippen molar-refractivity contribution in [3.8, 4) is 0 Å².